The Hall–Kier alpha value is -4.55. The number of hydrogen-bond acceptors (Lipinski definition) is 7. The Labute approximate surface area is 229 Å². The zero-order valence-electron chi connectivity index (χ0n) is 21.2. The van der Waals surface area contributed by atoms with E-state index in [1.807, 2.05) is 31.2 Å². The van der Waals surface area contributed by atoms with Gasteiger partial charge in [-0.25, -0.2) is 9.37 Å². The average Bonchev–Trinajstić information content (AvgIpc) is 3.43. The van der Waals surface area contributed by atoms with Crippen LogP contribution in [0.3, 0.4) is 0 Å². The first-order valence-corrected chi connectivity index (χ1v) is 13.1. The summed E-state index contributed by atoms with van der Waals surface area (Å²) in [6, 6.07) is 22.6. The zero-order chi connectivity index (χ0) is 27.4. The smallest absolute Gasteiger partial charge is 0.237 e. The number of halogens is 1. The van der Waals surface area contributed by atoms with E-state index >= 15 is 0 Å². The SMILES string of the molecule is CCC(Sc1nc(-c2ccc(OC)cc2)cc(-c2cccc(F)c2)c1C#N)C(=O)Nc1ccc2c(c1)OCO2. The summed E-state index contributed by atoms with van der Waals surface area (Å²) in [5.74, 6) is 1.22. The predicted molar refractivity (Wildman–Crippen MR) is 147 cm³/mol. The Morgan fingerprint density at radius 1 is 1.10 bits per heavy atom. The highest BCUT2D eigenvalue weighted by Gasteiger charge is 2.24. The van der Waals surface area contributed by atoms with Crippen LogP contribution in [0.25, 0.3) is 22.4 Å². The van der Waals surface area contributed by atoms with E-state index < -0.39 is 11.1 Å². The Bertz CT molecular complexity index is 1570. The van der Waals surface area contributed by atoms with Gasteiger partial charge >= 0.3 is 0 Å². The molecule has 1 amide bonds. The van der Waals surface area contributed by atoms with E-state index in [-0.39, 0.29) is 18.3 Å². The average molecular weight is 542 g/mol. The summed E-state index contributed by atoms with van der Waals surface area (Å²) in [4.78, 5) is 18.1. The molecule has 1 N–H and O–H groups in total. The fourth-order valence-corrected chi connectivity index (χ4v) is 5.19. The van der Waals surface area contributed by atoms with Crippen LogP contribution in [0.2, 0.25) is 0 Å². The number of thioether (sulfide) groups is 1. The van der Waals surface area contributed by atoms with Gasteiger partial charge in [0.05, 0.1) is 23.6 Å². The van der Waals surface area contributed by atoms with Gasteiger partial charge < -0.3 is 19.5 Å². The van der Waals surface area contributed by atoms with Gasteiger partial charge in [-0.3, -0.25) is 4.79 Å². The summed E-state index contributed by atoms with van der Waals surface area (Å²) < 4.78 is 30.2. The number of pyridine rings is 1. The van der Waals surface area contributed by atoms with Gasteiger partial charge in [0.15, 0.2) is 11.5 Å². The number of rotatable bonds is 8. The molecule has 1 aliphatic heterocycles. The van der Waals surface area contributed by atoms with Crippen molar-refractivity contribution in [1.29, 1.82) is 5.26 Å². The molecule has 0 bridgehead atoms. The minimum Gasteiger partial charge on any atom is -0.497 e. The van der Waals surface area contributed by atoms with E-state index in [9.17, 15) is 14.4 Å². The van der Waals surface area contributed by atoms with E-state index in [1.165, 1.54) is 23.9 Å². The minimum absolute atomic E-state index is 0.140. The fourth-order valence-electron chi connectivity index (χ4n) is 4.16. The highest BCUT2D eigenvalue weighted by molar-refractivity contribution is 8.00. The summed E-state index contributed by atoms with van der Waals surface area (Å²) >= 11 is 1.20. The van der Waals surface area contributed by atoms with Gasteiger partial charge in [-0.1, -0.05) is 30.8 Å². The van der Waals surface area contributed by atoms with E-state index in [0.717, 1.165) is 5.56 Å². The number of methoxy groups -OCH3 is 1. The molecule has 1 atom stereocenters. The number of nitriles is 1. The molecule has 0 saturated carbocycles. The summed E-state index contributed by atoms with van der Waals surface area (Å²) in [6.45, 7) is 2.03. The second-order valence-electron chi connectivity index (χ2n) is 8.66. The number of aromatic nitrogens is 1. The molecule has 0 saturated heterocycles. The normalized spacial score (nSPS) is 12.5. The number of fused-ring (bicyclic) bond motifs is 1. The molecule has 0 aliphatic carbocycles. The molecule has 0 spiro atoms. The quantitative estimate of drug-likeness (QED) is 0.249. The third-order valence-electron chi connectivity index (χ3n) is 6.18. The Morgan fingerprint density at radius 3 is 2.62 bits per heavy atom. The van der Waals surface area contributed by atoms with Crippen molar-refractivity contribution < 1.29 is 23.4 Å². The molecule has 9 heteroatoms. The summed E-state index contributed by atoms with van der Waals surface area (Å²) in [7, 11) is 1.59. The molecule has 4 aromatic rings. The molecule has 3 aromatic carbocycles. The van der Waals surface area contributed by atoms with E-state index in [4.69, 9.17) is 19.2 Å². The monoisotopic (exact) mass is 541 g/mol. The lowest BCUT2D eigenvalue weighted by Crippen LogP contribution is -2.24. The van der Waals surface area contributed by atoms with E-state index in [2.05, 4.69) is 11.4 Å². The van der Waals surface area contributed by atoms with Gasteiger partial charge in [0.25, 0.3) is 0 Å². The number of ether oxygens (including phenoxy) is 3. The molecule has 1 aliphatic rings. The number of hydrogen-bond donors (Lipinski definition) is 1. The maximum atomic E-state index is 14.2. The van der Waals surface area contributed by atoms with Crippen LogP contribution in [0, 0.1) is 17.1 Å². The number of benzene rings is 3. The lowest BCUT2D eigenvalue weighted by Gasteiger charge is -2.18. The highest BCUT2D eigenvalue weighted by Crippen LogP contribution is 2.38. The van der Waals surface area contributed by atoms with Crippen LogP contribution in [0.15, 0.2) is 77.8 Å². The third-order valence-corrected chi connectivity index (χ3v) is 7.53. The summed E-state index contributed by atoms with van der Waals surface area (Å²) in [5, 5.41) is 12.9. The van der Waals surface area contributed by atoms with Crippen molar-refractivity contribution in [2.24, 2.45) is 0 Å². The minimum atomic E-state index is -0.554. The van der Waals surface area contributed by atoms with Crippen LogP contribution in [0.1, 0.15) is 18.9 Å². The van der Waals surface area contributed by atoms with Gasteiger partial charge in [0.2, 0.25) is 12.7 Å². The van der Waals surface area contributed by atoms with Crippen molar-refractivity contribution in [3.8, 4) is 45.7 Å². The first kappa shape index (κ1) is 26.1. The first-order valence-electron chi connectivity index (χ1n) is 12.2. The molecule has 5 rings (SSSR count). The van der Waals surface area contributed by atoms with Crippen LogP contribution >= 0.6 is 11.8 Å². The molecule has 0 radical (unpaired) electrons. The van der Waals surface area contributed by atoms with Crippen molar-refractivity contribution in [1.82, 2.24) is 4.98 Å². The van der Waals surface area contributed by atoms with Gasteiger partial charge in [-0.15, -0.1) is 0 Å². The molecule has 39 heavy (non-hydrogen) atoms. The summed E-state index contributed by atoms with van der Waals surface area (Å²) in [6.07, 6.45) is 0.482. The molecule has 1 unspecified atom stereocenters. The number of nitrogens with one attached hydrogen (secondary N) is 1. The molecule has 2 heterocycles. The largest absolute Gasteiger partial charge is 0.497 e. The maximum Gasteiger partial charge on any atom is 0.237 e. The first-order chi connectivity index (χ1) is 19.0. The Balaban J connectivity index is 1.52. The molecule has 7 nitrogen and oxygen atoms in total. The molecule has 196 valence electrons. The molecular formula is C30H24FN3O4S. The van der Waals surface area contributed by atoms with Crippen molar-refractivity contribution in [3.05, 3.63) is 84.2 Å². The number of nitrogens with zero attached hydrogens (tertiary/aromatic N) is 2. The Morgan fingerprint density at radius 2 is 1.90 bits per heavy atom. The topological polar surface area (TPSA) is 93.5 Å². The Kier molecular flexibility index (Phi) is 7.66. The van der Waals surface area contributed by atoms with Crippen LogP contribution < -0.4 is 19.5 Å². The lowest BCUT2D eigenvalue weighted by molar-refractivity contribution is -0.115. The standard InChI is InChI=1S/C30H24FN3O4S/c1-3-28(29(35)33-21-9-12-26-27(14-21)38-17-37-26)39-30-24(16-32)23(19-5-4-6-20(31)13-19)15-25(34-30)18-7-10-22(36-2)11-8-18/h4-15,28H,3,17H2,1-2H3,(H,33,35). The van der Waals surface area contributed by atoms with E-state index in [0.29, 0.717) is 51.2 Å². The van der Waals surface area contributed by atoms with Crippen molar-refractivity contribution in [3.63, 3.8) is 0 Å². The van der Waals surface area contributed by atoms with Crippen LogP contribution in [-0.2, 0) is 4.79 Å². The summed E-state index contributed by atoms with van der Waals surface area (Å²) in [5.41, 5.74) is 3.30. The van der Waals surface area contributed by atoms with Crippen LogP contribution in [-0.4, -0.2) is 30.0 Å². The van der Waals surface area contributed by atoms with E-state index in [1.54, 1.807) is 43.5 Å². The lowest BCUT2D eigenvalue weighted by atomic mass is 9.99. The van der Waals surface area contributed by atoms with Crippen molar-refractivity contribution in [2.75, 3.05) is 19.2 Å². The van der Waals surface area contributed by atoms with Gasteiger partial charge in [0.1, 0.15) is 22.7 Å². The second-order valence-corrected chi connectivity index (χ2v) is 9.85. The predicted octanol–water partition coefficient (Wildman–Crippen LogP) is 6.67. The number of anilines is 1. The third kappa shape index (κ3) is 5.66. The van der Waals surface area contributed by atoms with Crippen molar-refractivity contribution >= 4 is 23.4 Å². The molecule has 1 aromatic heterocycles. The fraction of sp³-hybridized carbons (Fsp3) is 0.167. The van der Waals surface area contributed by atoms with Gasteiger partial charge in [0, 0.05) is 22.9 Å². The van der Waals surface area contributed by atoms with Gasteiger partial charge in [-0.05, 0) is 66.6 Å². The number of carbonyl (C=O) groups excluding carboxylic acids is 1. The maximum absolute atomic E-state index is 14.2. The number of carbonyl (C=O) groups is 1. The highest BCUT2D eigenvalue weighted by atomic mass is 32.2. The van der Waals surface area contributed by atoms with Crippen LogP contribution in [0.4, 0.5) is 10.1 Å². The van der Waals surface area contributed by atoms with Gasteiger partial charge in [-0.2, -0.15) is 5.26 Å². The zero-order valence-corrected chi connectivity index (χ0v) is 22.0. The molecule has 0 fully saturated rings. The second kappa shape index (κ2) is 11.5. The number of amides is 1. The van der Waals surface area contributed by atoms with Crippen molar-refractivity contribution in [2.45, 2.75) is 23.6 Å². The molecular weight excluding hydrogens is 517 g/mol. The van der Waals surface area contributed by atoms with Crippen LogP contribution in [0.5, 0.6) is 17.2 Å².